The van der Waals surface area contributed by atoms with Crippen LogP contribution >= 0.6 is 0 Å². The molecule has 2 saturated heterocycles. The number of aromatic amines is 1. The largest absolute Gasteiger partial charge is 0.497 e. The van der Waals surface area contributed by atoms with Crippen molar-refractivity contribution in [2.45, 2.75) is 18.9 Å². The molecule has 2 fully saturated rings. The Bertz CT molecular complexity index is 869. The van der Waals surface area contributed by atoms with Gasteiger partial charge in [-0.25, -0.2) is 4.98 Å². The van der Waals surface area contributed by atoms with Crippen LogP contribution in [-0.2, 0) is 0 Å². The number of piperazine rings is 1. The van der Waals surface area contributed by atoms with Gasteiger partial charge < -0.3 is 19.5 Å². The second kappa shape index (κ2) is 8.65. The fraction of sp³-hybridized carbons (Fsp3) is 0.476. The summed E-state index contributed by atoms with van der Waals surface area (Å²) >= 11 is 0. The third-order valence-electron chi connectivity index (χ3n) is 5.84. The molecule has 1 N–H and O–H groups in total. The number of methoxy groups -OCH3 is 1. The molecule has 0 aliphatic carbocycles. The van der Waals surface area contributed by atoms with Gasteiger partial charge in [-0.05, 0) is 37.1 Å². The molecule has 1 unspecified atom stereocenters. The lowest BCUT2D eigenvalue weighted by molar-refractivity contribution is 0.0558. The number of carbonyl (C=O) groups is 1. The number of benzene rings is 1. The molecule has 2 aliphatic heterocycles. The molecule has 8 heteroatoms. The number of hydrogen-bond acceptors (Lipinski definition) is 6. The first-order chi connectivity index (χ1) is 14.1. The van der Waals surface area contributed by atoms with Gasteiger partial charge in [0.2, 0.25) is 0 Å². The van der Waals surface area contributed by atoms with Gasteiger partial charge in [-0.15, -0.1) is 0 Å². The number of amides is 1. The summed E-state index contributed by atoms with van der Waals surface area (Å²) in [5.41, 5.74) is 1.22. The molecule has 154 valence electrons. The quantitative estimate of drug-likeness (QED) is 0.835. The van der Waals surface area contributed by atoms with Gasteiger partial charge in [-0.3, -0.25) is 14.5 Å². The summed E-state index contributed by atoms with van der Waals surface area (Å²) in [6, 6.07) is 8.57. The average molecular weight is 397 g/mol. The lowest BCUT2D eigenvalue weighted by Crippen LogP contribution is -2.56. The van der Waals surface area contributed by atoms with Crippen molar-refractivity contribution in [3.8, 4) is 5.75 Å². The van der Waals surface area contributed by atoms with Gasteiger partial charge in [0.1, 0.15) is 11.4 Å². The fourth-order valence-electron chi connectivity index (χ4n) is 4.20. The molecule has 0 saturated carbocycles. The van der Waals surface area contributed by atoms with E-state index in [1.807, 2.05) is 17.0 Å². The van der Waals surface area contributed by atoms with Gasteiger partial charge in [0.25, 0.3) is 11.5 Å². The standard InChI is InChI=1S/C21H27N5O3/c1-29-18-6-4-16(5-7-18)24-9-11-25(12-10-24)17-3-2-8-26(15-17)21(28)19-13-23-20(27)14-22-19/h4-7,13-14,17H,2-3,8-12,15H2,1H3,(H,23,27). The molecule has 29 heavy (non-hydrogen) atoms. The third-order valence-corrected chi connectivity index (χ3v) is 5.84. The Balaban J connectivity index is 1.34. The Morgan fingerprint density at radius 1 is 1.14 bits per heavy atom. The van der Waals surface area contributed by atoms with E-state index in [-0.39, 0.29) is 11.5 Å². The maximum absolute atomic E-state index is 12.7. The number of aromatic nitrogens is 2. The Morgan fingerprint density at radius 3 is 2.55 bits per heavy atom. The number of nitrogens with zero attached hydrogens (tertiary/aromatic N) is 4. The number of rotatable bonds is 4. The van der Waals surface area contributed by atoms with Gasteiger partial charge in [0, 0.05) is 57.2 Å². The van der Waals surface area contributed by atoms with E-state index in [2.05, 4.69) is 31.9 Å². The van der Waals surface area contributed by atoms with Crippen LogP contribution in [0.3, 0.4) is 0 Å². The summed E-state index contributed by atoms with van der Waals surface area (Å²) in [4.78, 5) is 37.2. The van der Waals surface area contributed by atoms with Crippen LogP contribution < -0.4 is 15.2 Å². The topological polar surface area (TPSA) is 81.8 Å². The Morgan fingerprint density at radius 2 is 1.90 bits per heavy atom. The van der Waals surface area contributed by atoms with Crippen LogP contribution in [0.4, 0.5) is 5.69 Å². The molecule has 1 amide bonds. The van der Waals surface area contributed by atoms with Crippen molar-refractivity contribution in [2.24, 2.45) is 0 Å². The predicted molar refractivity (Wildman–Crippen MR) is 111 cm³/mol. The third kappa shape index (κ3) is 4.42. The van der Waals surface area contributed by atoms with E-state index < -0.39 is 0 Å². The van der Waals surface area contributed by atoms with Crippen LogP contribution in [-0.4, -0.2) is 78.1 Å². The van der Waals surface area contributed by atoms with Crippen LogP contribution in [0.2, 0.25) is 0 Å². The van der Waals surface area contributed by atoms with Crippen molar-refractivity contribution in [3.63, 3.8) is 0 Å². The first-order valence-electron chi connectivity index (χ1n) is 10.1. The van der Waals surface area contributed by atoms with E-state index in [0.717, 1.165) is 57.5 Å². The molecular formula is C21H27N5O3. The maximum atomic E-state index is 12.7. The Hall–Kier alpha value is -2.87. The molecule has 4 rings (SSSR count). The molecule has 1 aromatic carbocycles. The molecular weight excluding hydrogens is 370 g/mol. The highest BCUT2D eigenvalue weighted by molar-refractivity contribution is 5.92. The summed E-state index contributed by atoms with van der Waals surface area (Å²) in [5.74, 6) is 0.763. The summed E-state index contributed by atoms with van der Waals surface area (Å²) in [6.45, 7) is 5.35. The molecule has 1 atom stereocenters. The molecule has 0 spiro atoms. The van der Waals surface area contributed by atoms with Gasteiger partial charge in [-0.2, -0.15) is 0 Å². The SMILES string of the molecule is COc1ccc(N2CCN(C3CCCN(C(=O)c4c[nH]c(=O)cn4)C3)CC2)cc1. The zero-order chi connectivity index (χ0) is 20.2. The molecule has 0 radical (unpaired) electrons. The number of anilines is 1. The van der Waals surface area contributed by atoms with Crippen LogP contribution in [0.1, 0.15) is 23.3 Å². The van der Waals surface area contributed by atoms with Crippen LogP contribution in [0.25, 0.3) is 0 Å². The smallest absolute Gasteiger partial charge is 0.274 e. The minimum absolute atomic E-state index is 0.109. The van der Waals surface area contributed by atoms with E-state index in [0.29, 0.717) is 18.3 Å². The van der Waals surface area contributed by atoms with Crippen molar-refractivity contribution in [1.29, 1.82) is 0 Å². The second-order valence-corrected chi connectivity index (χ2v) is 7.56. The van der Waals surface area contributed by atoms with Gasteiger partial charge in [-0.1, -0.05) is 0 Å². The van der Waals surface area contributed by atoms with Crippen molar-refractivity contribution < 1.29 is 9.53 Å². The summed E-state index contributed by atoms with van der Waals surface area (Å²) in [5, 5.41) is 0. The monoisotopic (exact) mass is 397 g/mol. The molecule has 3 heterocycles. The molecule has 1 aromatic heterocycles. The van der Waals surface area contributed by atoms with Crippen molar-refractivity contribution in [1.82, 2.24) is 19.8 Å². The van der Waals surface area contributed by atoms with Gasteiger partial charge in [0.15, 0.2) is 0 Å². The molecule has 2 aliphatic rings. The lowest BCUT2D eigenvalue weighted by Gasteiger charge is -2.43. The zero-order valence-electron chi connectivity index (χ0n) is 16.7. The predicted octanol–water partition coefficient (Wildman–Crippen LogP) is 1.21. The van der Waals surface area contributed by atoms with E-state index in [4.69, 9.17) is 4.74 Å². The van der Waals surface area contributed by atoms with Crippen molar-refractivity contribution >= 4 is 11.6 Å². The van der Waals surface area contributed by atoms with Gasteiger partial charge in [0.05, 0.1) is 13.3 Å². The van der Waals surface area contributed by atoms with E-state index in [1.165, 1.54) is 11.9 Å². The Kier molecular flexibility index (Phi) is 5.80. The maximum Gasteiger partial charge on any atom is 0.274 e. The molecule has 2 aromatic rings. The van der Waals surface area contributed by atoms with Gasteiger partial charge >= 0.3 is 0 Å². The number of hydrogen-bond donors (Lipinski definition) is 1. The average Bonchev–Trinajstić information content (AvgIpc) is 2.79. The van der Waals surface area contributed by atoms with Crippen molar-refractivity contribution in [3.05, 3.63) is 52.7 Å². The first kappa shape index (κ1) is 19.4. The van der Waals surface area contributed by atoms with Crippen LogP contribution in [0.5, 0.6) is 5.75 Å². The zero-order valence-corrected chi connectivity index (χ0v) is 16.7. The van der Waals surface area contributed by atoms with E-state index >= 15 is 0 Å². The first-order valence-corrected chi connectivity index (χ1v) is 10.1. The summed E-state index contributed by atoms with van der Waals surface area (Å²) in [6.07, 6.45) is 4.65. The lowest BCUT2D eigenvalue weighted by atomic mass is 10.0. The minimum atomic E-state index is -0.298. The fourth-order valence-corrected chi connectivity index (χ4v) is 4.20. The number of ether oxygens (including phenoxy) is 1. The van der Waals surface area contributed by atoms with E-state index in [1.54, 1.807) is 7.11 Å². The number of H-pyrrole nitrogens is 1. The van der Waals surface area contributed by atoms with E-state index in [9.17, 15) is 9.59 Å². The number of likely N-dealkylation sites (tertiary alicyclic amines) is 1. The highest BCUT2D eigenvalue weighted by Gasteiger charge is 2.30. The van der Waals surface area contributed by atoms with Crippen LogP contribution in [0.15, 0.2) is 41.5 Å². The highest BCUT2D eigenvalue weighted by Crippen LogP contribution is 2.23. The normalized spacial score (nSPS) is 20.5. The second-order valence-electron chi connectivity index (χ2n) is 7.56. The number of piperidine rings is 1. The number of nitrogens with one attached hydrogen (secondary N) is 1. The number of carbonyl (C=O) groups excluding carboxylic acids is 1. The highest BCUT2D eigenvalue weighted by atomic mass is 16.5. The van der Waals surface area contributed by atoms with Crippen LogP contribution in [0, 0.1) is 0 Å². The minimum Gasteiger partial charge on any atom is -0.497 e. The van der Waals surface area contributed by atoms with Crippen molar-refractivity contribution in [2.75, 3.05) is 51.3 Å². The molecule has 8 nitrogen and oxygen atoms in total. The summed E-state index contributed by atoms with van der Waals surface area (Å²) < 4.78 is 5.24. The Labute approximate surface area is 170 Å². The molecule has 0 bridgehead atoms. The summed E-state index contributed by atoms with van der Waals surface area (Å²) in [7, 11) is 1.68.